The van der Waals surface area contributed by atoms with Crippen LogP contribution >= 0.6 is 0 Å². The number of aliphatic carboxylic acids is 3. The molecule has 2 fully saturated rings. The second-order valence-corrected chi connectivity index (χ2v) is 13.8. The second kappa shape index (κ2) is 23.2. The predicted molar refractivity (Wildman–Crippen MR) is 202 cm³/mol. The molecule has 1 aromatic rings. The van der Waals surface area contributed by atoms with Gasteiger partial charge in [-0.05, 0) is 49.9 Å². The van der Waals surface area contributed by atoms with Gasteiger partial charge in [-0.2, -0.15) is 0 Å². The first-order valence-electron chi connectivity index (χ1n) is 18.5. The number of unbranched alkanes of at least 4 members (excludes halogenated alkanes) is 1. The lowest BCUT2D eigenvalue weighted by Crippen LogP contribution is -2.49. The Morgan fingerprint density at radius 3 is 1.62 bits per heavy atom. The molecule has 0 aliphatic carbocycles. The zero-order valence-electron chi connectivity index (χ0n) is 31.4. The first-order chi connectivity index (χ1) is 26.6. The van der Waals surface area contributed by atoms with Crippen molar-refractivity contribution in [2.24, 2.45) is 0 Å². The van der Waals surface area contributed by atoms with Crippen LogP contribution < -0.4 is 16.0 Å². The summed E-state index contributed by atoms with van der Waals surface area (Å²) in [4.78, 5) is 93.2. The Balaban J connectivity index is 1.42. The maximum absolute atomic E-state index is 12.9. The molecule has 0 bridgehead atoms. The van der Waals surface area contributed by atoms with Gasteiger partial charge in [0.05, 0.1) is 37.8 Å². The van der Waals surface area contributed by atoms with Crippen LogP contribution in [0, 0.1) is 0 Å². The van der Waals surface area contributed by atoms with E-state index in [1.165, 1.54) is 29.2 Å². The highest BCUT2D eigenvalue weighted by Crippen LogP contribution is 2.20. The van der Waals surface area contributed by atoms with Gasteiger partial charge in [0.15, 0.2) is 0 Å². The summed E-state index contributed by atoms with van der Waals surface area (Å²) in [6, 6.07) is 6.00. The highest BCUT2D eigenvalue weighted by Gasteiger charge is 2.37. The molecule has 0 aromatic heterocycles. The van der Waals surface area contributed by atoms with Gasteiger partial charge < -0.3 is 46.2 Å². The van der Waals surface area contributed by atoms with E-state index in [1.807, 2.05) is 4.90 Å². The molecule has 1 atom stereocenters. The van der Waals surface area contributed by atoms with Crippen molar-refractivity contribution in [3.8, 4) is 0 Å². The van der Waals surface area contributed by atoms with Crippen molar-refractivity contribution in [3.63, 3.8) is 0 Å². The summed E-state index contributed by atoms with van der Waals surface area (Å²) in [6.45, 7) is 5.73. The van der Waals surface area contributed by atoms with E-state index in [2.05, 4.69) is 22.5 Å². The van der Waals surface area contributed by atoms with Gasteiger partial charge in [0.25, 0.3) is 11.8 Å². The molecule has 0 unspecified atom stereocenters. The number of carbonyl (C=O) groups is 7. The van der Waals surface area contributed by atoms with Gasteiger partial charge in [0.1, 0.15) is 0 Å². The van der Waals surface area contributed by atoms with Crippen LogP contribution in [0.25, 0.3) is 0 Å². The van der Waals surface area contributed by atoms with Gasteiger partial charge >= 0.3 is 25.0 Å². The molecule has 2 aliphatic heterocycles. The molecule has 3 rings (SSSR count). The van der Waals surface area contributed by atoms with E-state index in [0.29, 0.717) is 70.6 Å². The zero-order valence-corrected chi connectivity index (χ0v) is 31.4. The number of carboxylic acid groups (broad SMARTS) is 3. The molecule has 0 spiro atoms. The highest BCUT2D eigenvalue weighted by molar-refractivity contribution is 6.43. The molecule has 308 valence electrons. The standard InChI is InChI=1S/C35H53BN8O12/c1-25(35(54)44-12-4-5-28(44)36(55)56)38-34(53)26-7-9-27(10-8-26)39-29(45)6-2-3-11-37-30(46)21-40-13-15-41(22-31(47)48)17-19-43(24-33(51)52)20-18-42(16-14-40)23-32(49)50/h7-10,28,55-56H,1-6,11-24H2,(H,37,46)(H,38,53)(H,39,45)(H,47,48)(H,49,50)(H,51,52)/t28-/m0/s1. The molecular weight excluding hydrogens is 735 g/mol. The molecule has 2 aliphatic rings. The summed E-state index contributed by atoms with van der Waals surface area (Å²) >= 11 is 0. The van der Waals surface area contributed by atoms with Crippen LogP contribution in [0.15, 0.2) is 36.5 Å². The number of carbonyl (C=O) groups excluding carboxylic acids is 4. The number of carboxylic acids is 3. The van der Waals surface area contributed by atoms with Gasteiger partial charge in [-0.3, -0.25) is 53.2 Å². The van der Waals surface area contributed by atoms with E-state index in [0.717, 1.165) is 0 Å². The van der Waals surface area contributed by atoms with Gasteiger partial charge in [0, 0.05) is 83.1 Å². The smallest absolute Gasteiger partial charge is 0.475 e. The Morgan fingerprint density at radius 1 is 0.679 bits per heavy atom. The SMILES string of the molecule is C=C(NC(=O)c1ccc(NC(=O)CCCCNC(=O)CN2CCN(CC(=O)O)CCN(CC(=O)O)CCN(CC(=O)O)CC2)cc1)C(=O)N1CCC[C@H]1B(O)O. The fraction of sp³-hybridized carbons (Fsp3) is 0.571. The minimum absolute atomic E-state index is 0.0152. The van der Waals surface area contributed by atoms with E-state index < -0.39 is 42.8 Å². The number of hydrogen-bond acceptors (Lipinski definition) is 13. The first kappa shape index (κ1) is 45.5. The third kappa shape index (κ3) is 16.4. The predicted octanol–water partition coefficient (Wildman–Crippen LogP) is -2.37. The maximum Gasteiger partial charge on any atom is 0.475 e. The Morgan fingerprint density at radius 2 is 1.16 bits per heavy atom. The second-order valence-electron chi connectivity index (χ2n) is 13.8. The van der Waals surface area contributed by atoms with E-state index in [4.69, 9.17) is 0 Å². The number of nitrogens with one attached hydrogen (secondary N) is 3. The third-order valence-corrected chi connectivity index (χ3v) is 9.38. The van der Waals surface area contributed by atoms with Crippen LogP contribution in [0.5, 0.6) is 0 Å². The fourth-order valence-electron chi connectivity index (χ4n) is 6.40. The number of benzene rings is 1. The van der Waals surface area contributed by atoms with E-state index in [1.54, 1.807) is 14.7 Å². The fourth-order valence-corrected chi connectivity index (χ4v) is 6.40. The minimum Gasteiger partial charge on any atom is -0.480 e. The zero-order chi connectivity index (χ0) is 41.2. The van der Waals surface area contributed by atoms with Crippen LogP contribution in [0.4, 0.5) is 5.69 Å². The first-order valence-corrected chi connectivity index (χ1v) is 18.5. The molecule has 2 saturated heterocycles. The average Bonchev–Trinajstić information content (AvgIpc) is 3.62. The molecule has 4 amide bonds. The lowest BCUT2D eigenvalue weighted by molar-refractivity contribution is -0.140. The van der Waals surface area contributed by atoms with Crippen molar-refractivity contribution < 1.29 is 58.9 Å². The highest BCUT2D eigenvalue weighted by atomic mass is 16.4. The molecule has 0 saturated carbocycles. The van der Waals surface area contributed by atoms with Crippen molar-refractivity contribution in [3.05, 3.63) is 42.1 Å². The van der Waals surface area contributed by atoms with Crippen molar-refractivity contribution >= 4 is 54.3 Å². The Bertz CT molecular complexity index is 1520. The number of hydrogen-bond donors (Lipinski definition) is 8. The summed E-state index contributed by atoms with van der Waals surface area (Å²) in [5, 5.41) is 55.1. The largest absolute Gasteiger partial charge is 0.480 e. The monoisotopic (exact) mass is 788 g/mol. The molecule has 0 radical (unpaired) electrons. The summed E-state index contributed by atoms with van der Waals surface area (Å²) in [5.74, 6) is -5.66. The van der Waals surface area contributed by atoms with Crippen molar-refractivity contribution in [2.75, 3.05) is 96.9 Å². The number of anilines is 1. The average molecular weight is 789 g/mol. The molecule has 1 aromatic carbocycles. The molecule has 2 heterocycles. The van der Waals surface area contributed by atoms with Crippen LogP contribution in [0.2, 0.25) is 0 Å². The quantitative estimate of drug-likeness (QED) is 0.0439. The molecule has 8 N–H and O–H groups in total. The van der Waals surface area contributed by atoms with Gasteiger partial charge in [0.2, 0.25) is 11.8 Å². The van der Waals surface area contributed by atoms with Crippen molar-refractivity contribution in [2.45, 2.75) is 38.0 Å². The molecular formula is C35H53BN8O12. The number of nitrogens with zero attached hydrogens (tertiary/aromatic N) is 5. The van der Waals surface area contributed by atoms with E-state index >= 15 is 0 Å². The molecule has 21 heteroatoms. The normalized spacial score (nSPS) is 17.9. The van der Waals surface area contributed by atoms with Gasteiger partial charge in [-0.25, -0.2) is 0 Å². The van der Waals surface area contributed by atoms with Crippen molar-refractivity contribution in [1.29, 1.82) is 0 Å². The van der Waals surface area contributed by atoms with E-state index in [-0.39, 0.29) is 81.9 Å². The summed E-state index contributed by atoms with van der Waals surface area (Å²) in [5.41, 5.74) is 0.451. The number of rotatable bonds is 18. The van der Waals surface area contributed by atoms with Crippen LogP contribution in [-0.2, 0) is 28.8 Å². The van der Waals surface area contributed by atoms with Gasteiger partial charge in [-0.1, -0.05) is 6.58 Å². The van der Waals surface area contributed by atoms with Crippen LogP contribution in [0.3, 0.4) is 0 Å². The summed E-state index contributed by atoms with van der Waals surface area (Å²) < 4.78 is 0. The molecule has 56 heavy (non-hydrogen) atoms. The Labute approximate surface area is 325 Å². The summed E-state index contributed by atoms with van der Waals surface area (Å²) in [6.07, 6.45) is 2.15. The van der Waals surface area contributed by atoms with Crippen LogP contribution in [0.1, 0.15) is 42.5 Å². The number of amides is 4. The summed E-state index contributed by atoms with van der Waals surface area (Å²) in [7, 11) is -1.70. The number of likely N-dealkylation sites (tertiary alicyclic amines) is 1. The Hall–Kier alpha value is -4.93. The van der Waals surface area contributed by atoms with Gasteiger partial charge in [-0.15, -0.1) is 0 Å². The van der Waals surface area contributed by atoms with Crippen molar-refractivity contribution in [1.82, 2.24) is 35.1 Å². The third-order valence-electron chi connectivity index (χ3n) is 9.38. The topological polar surface area (TPSA) is 273 Å². The van der Waals surface area contributed by atoms with E-state index in [9.17, 15) is 58.9 Å². The van der Waals surface area contributed by atoms with Crippen LogP contribution in [-0.4, -0.2) is 196 Å². The Kier molecular flexibility index (Phi) is 18.8. The minimum atomic E-state index is -1.70. The lowest BCUT2D eigenvalue weighted by atomic mass is 9.78. The molecule has 20 nitrogen and oxygen atoms in total. The maximum atomic E-state index is 12.9. The lowest BCUT2D eigenvalue weighted by Gasteiger charge is -2.32.